The summed E-state index contributed by atoms with van der Waals surface area (Å²) in [5, 5.41) is 18.0. The molecule has 0 atom stereocenters. The Bertz CT molecular complexity index is 3900. The molecule has 0 fully saturated rings. The van der Waals surface area contributed by atoms with Gasteiger partial charge in [-0.2, -0.15) is 0 Å². The Morgan fingerprint density at radius 3 is 1.63 bits per heavy atom. The molecule has 0 N–H and O–H groups in total. The van der Waals surface area contributed by atoms with Crippen LogP contribution in [0.15, 0.2) is 205 Å². The molecular weight excluding hydrogens is 715 g/mol. The molecule has 2 heteroatoms. The average molecular weight is 748 g/mol. The SMILES string of the molecule is c1ccc(-c2nc3c4ccccc4c4ccccc4c3c3c2cc(-c2cccc(-c4cc5ccccc5c5c4oc4ccc6ccccc6c45)c2)c2ccccc23)cc1. The van der Waals surface area contributed by atoms with Crippen LogP contribution >= 0.6 is 0 Å². The van der Waals surface area contributed by atoms with Crippen LogP contribution in [-0.2, 0) is 0 Å². The first-order chi connectivity index (χ1) is 29.3. The van der Waals surface area contributed by atoms with Crippen LogP contribution in [0.5, 0.6) is 0 Å². The first-order valence-electron chi connectivity index (χ1n) is 20.3. The van der Waals surface area contributed by atoms with Crippen LogP contribution in [0.3, 0.4) is 0 Å². The topological polar surface area (TPSA) is 26.0 Å². The summed E-state index contributed by atoms with van der Waals surface area (Å²) in [6, 6.07) is 72.5. The third-order valence-electron chi connectivity index (χ3n) is 12.6. The molecule has 13 rings (SSSR count). The Hall–Kier alpha value is -7.81. The maximum atomic E-state index is 6.89. The van der Waals surface area contributed by atoms with Gasteiger partial charge in [-0.3, -0.25) is 0 Å². The summed E-state index contributed by atoms with van der Waals surface area (Å²) in [4.78, 5) is 5.65. The van der Waals surface area contributed by atoms with Crippen LogP contribution in [0.2, 0.25) is 0 Å². The van der Waals surface area contributed by atoms with E-state index >= 15 is 0 Å². The molecule has 0 unspecified atom stereocenters. The number of fused-ring (bicyclic) bond motifs is 17. The van der Waals surface area contributed by atoms with Crippen molar-refractivity contribution in [2.75, 3.05) is 0 Å². The fourth-order valence-electron chi connectivity index (χ4n) is 10.0. The third kappa shape index (κ3) is 4.66. The predicted octanol–water partition coefficient (Wildman–Crippen LogP) is 16.1. The van der Waals surface area contributed by atoms with Gasteiger partial charge >= 0.3 is 0 Å². The number of hydrogen-bond donors (Lipinski definition) is 0. The molecule has 0 aliphatic heterocycles. The average Bonchev–Trinajstić information content (AvgIpc) is 3.72. The van der Waals surface area contributed by atoms with Gasteiger partial charge in [0.1, 0.15) is 11.2 Å². The third-order valence-corrected chi connectivity index (χ3v) is 12.6. The van der Waals surface area contributed by atoms with Crippen molar-refractivity contribution in [3.05, 3.63) is 200 Å². The molecule has 11 aromatic carbocycles. The number of rotatable bonds is 3. The zero-order valence-corrected chi connectivity index (χ0v) is 31.9. The van der Waals surface area contributed by atoms with Crippen molar-refractivity contribution in [3.8, 4) is 33.5 Å². The van der Waals surface area contributed by atoms with Crippen LogP contribution in [-0.4, -0.2) is 4.98 Å². The lowest BCUT2D eigenvalue weighted by Gasteiger charge is -2.19. The van der Waals surface area contributed by atoms with Gasteiger partial charge in [0.15, 0.2) is 0 Å². The highest BCUT2D eigenvalue weighted by molar-refractivity contribution is 6.36. The minimum atomic E-state index is 0.904. The quantitative estimate of drug-likeness (QED) is 0.168. The summed E-state index contributed by atoms with van der Waals surface area (Å²) >= 11 is 0. The zero-order valence-electron chi connectivity index (χ0n) is 31.9. The number of nitrogens with zero attached hydrogens (tertiary/aromatic N) is 1. The van der Waals surface area contributed by atoms with Crippen molar-refractivity contribution in [3.63, 3.8) is 0 Å². The number of hydrogen-bond acceptors (Lipinski definition) is 2. The highest BCUT2D eigenvalue weighted by Gasteiger charge is 2.22. The zero-order chi connectivity index (χ0) is 38.6. The molecule has 0 bridgehead atoms. The van der Waals surface area contributed by atoms with Gasteiger partial charge in [0, 0.05) is 43.4 Å². The van der Waals surface area contributed by atoms with Gasteiger partial charge in [-0.05, 0) is 89.4 Å². The molecule has 0 radical (unpaired) electrons. The maximum absolute atomic E-state index is 6.89. The molecule has 0 aliphatic rings. The second-order valence-corrected chi connectivity index (χ2v) is 15.7. The van der Waals surface area contributed by atoms with E-state index in [1.807, 2.05) is 0 Å². The fourth-order valence-corrected chi connectivity index (χ4v) is 10.0. The van der Waals surface area contributed by atoms with Gasteiger partial charge < -0.3 is 4.42 Å². The molecule has 2 aromatic heterocycles. The lowest BCUT2D eigenvalue weighted by molar-refractivity contribution is 0.670. The Morgan fingerprint density at radius 1 is 0.305 bits per heavy atom. The molecule has 0 saturated heterocycles. The van der Waals surface area contributed by atoms with Crippen LogP contribution in [0, 0.1) is 0 Å². The highest BCUT2D eigenvalue weighted by atomic mass is 16.3. The molecule has 2 heterocycles. The summed E-state index contributed by atoms with van der Waals surface area (Å²) in [5.74, 6) is 0. The van der Waals surface area contributed by atoms with Crippen molar-refractivity contribution < 1.29 is 4.42 Å². The number of aromatic nitrogens is 1. The number of furan rings is 1. The van der Waals surface area contributed by atoms with Gasteiger partial charge in [0.05, 0.1) is 11.2 Å². The maximum Gasteiger partial charge on any atom is 0.143 e. The van der Waals surface area contributed by atoms with E-state index in [9.17, 15) is 0 Å². The fraction of sp³-hybridized carbons (Fsp3) is 0. The van der Waals surface area contributed by atoms with Crippen LogP contribution in [0.25, 0.3) is 131 Å². The molecule has 0 spiro atoms. The number of benzene rings is 11. The van der Waals surface area contributed by atoms with E-state index < -0.39 is 0 Å². The molecule has 0 aliphatic carbocycles. The van der Waals surface area contributed by atoms with E-state index in [2.05, 4.69) is 200 Å². The molecule has 0 amide bonds. The van der Waals surface area contributed by atoms with Crippen molar-refractivity contribution in [2.45, 2.75) is 0 Å². The second kappa shape index (κ2) is 12.3. The van der Waals surface area contributed by atoms with Crippen LogP contribution in [0.1, 0.15) is 0 Å². The summed E-state index contributed by atoms with van der Waals surface area (Å²) in [5.41, 5.74) is 9.45. The first kappa shape index (κ1) is 32.3. The number of pyridine rings is 1. The standard InChI is InChI=1S/C57H33NO/c1-2-16-35(17-3-1)55-49-33-47(43-25-9-11-26-44(43)51(49)53-45-27-12-8-23-41(45)42-24-10-13-28-46(42)56(53)58-55)36-19-14-20-37(31-36)48-32-38-18-5-7-22-40(38)54-52-39-21-6-4-15-34(39)29-30-50(52)59-57(48)54/h1-33H. The Labute approximate surface area is 339 Å². The molecule has 2 nitrogen and oxygen atoms in total. The Kier molecular flexibility index (Phi) is 6.76. The predicted molar refractivity (Wildman–Crippen MR) is 250 cm³/mol. The van der Waals surface area contributed by atoms with Crippen molar-refractivity contribution in [1.29, 1.82) is 0 Å². The lowest BCUT2D eigenvalue weighted by atomic mass is 9.86. The van der Waals surface area contributed by atoms with E-state index in [0.29, 0.717) is 0 Å². The van der Waals surface area contributed by atoms with Crippen molar-refractivity contribution >= 4 is 97.5 Å². The highest BCUT2D eigenvalue weighted by Crippen LogP contribution is 2.48. The summed E-state index contributed by atoms with van der Waals surface area (Å²) in [7, 11) is 0. The smallest absolute Gasteiger partial charge is 0.143 e. The Morgan fingerprint density at radius 2 is 0.864 bits per heavy atom. The molecule has 13 aromatic rings. The van der Waals surface area contributed by atoms with Gasteiger partial charge in [-0.25, -0.2) is 4.98 Å². The largest absolute Gasteiger partial charge is 0.455 e. The molecule has 272 valence electrons. The van der Waals surface area contributed by atoms with Gasteiger partial charge in [-0.1, -0.05) is 176 Å². The van der Waals surface area contributed by atoms with Crippen molar-refractivity contribution in [2.24, 2.45) is 0 Å². The minimum absolute atomic E-state index is 0.904. The summed E-state index contributed by atoms with van der Waals surface area (Å²) < 4.78 is 6.89. The van der Waals surface area contributed by atoms with E-state index in [-0.39, 0.29) is 0 Å². The van der Waals surface area contributed by atoms with Crippen LogP contribution in [0.4, 0.5) is 0 Å². The van der Waals surface area contributed by atoms with E-state index in [1.165, 1.54) is 75.6 Å². The molecule has 59 heavy (non-hydrogen) atoms. The monoisotopic (exact) mass is 747 g/mol. The summed E-state index contributed by atoms with van der Waals surface area (Å²) in [6.45, 7) is 0. The molecular formula is C57H33NO. The summed E-state index contributed by atoms with van der Waals surface area (Å²) in [6.07, 6.45) is 0. The van der Waals surface area contributed by atoms with Crippen LogP contribution < -0.4 is 0 Å². The Balaban J connectivity index is 1.14. The van der Waals surface area contributed by atoms with E-state index in [4.69, 9.17) is 9.40 Å². The van der Waals surface area contributed by atoms with E-state index in [1.54, 1.807) is 0 Å². The van der Waals surface area contributed by atoms with Gasteiger partial charge in [-0.15, -0.1) is 0 Å². The van der Waals surface area contributed by atoms with Gasteiger partial charge in [0.2, 0.25) is 0 Å². The van der Waals surface area contributed by atoms with Crippen molar-refractivity contribution in [1.82, 2.24) is 4.98 Å². The second-order valence-electron chi connectivity index (χ2n) is 15.7. The lowest BCUT2D eigenvalue weighted by Crippen LogP contribution is -1.95. The first-order valence-corrected chi connectivity index (χ1v) is 20.3. The normalized spacial score (nSPS) is 12.1. The van der Waals surface area contributed by atoms with Gasteiger partial charge in [0.25, 0.3) is 0 Å². The molecule has 0 saturated carbocycles. The van der Waals surface area contributed by atoms with E-state index in [0.717, 1.165) is 55.4 Å². The minimum Gasteiger partial charge on any atom is -0.455 e.